The first-order valence-corrected chi connectivity index (χ1v) is 10.0. The average Bonchev–Trinajstić information content (AvgIpc) is 2.80. The van der Waals surface area contributed by atoms with Crippen molar-refractivity contribution in [2.75, 3.05) is 0 Å². The molecule has 4 nitrogen and oxygen atoms in total. The Labute approximate surface area is 217 Å². The molecule has 0 bridgehead atoms. The van der Waals surface area contributed by atoms with E-state index in [1.54, 1.807) is 24.3 Å². The quantitative estimate of drug-likeness (QED) is 0.179. The molecule has 0 spiro atoms. The minimum Gasteiger partial charge on any atom is -0.872 e. The second kappa shape index (κ2) is 13.3. The van der Waals surface area contributed by atoms with Crippen LogP contribution >= 0.6 is 0 Å². The summed E-state index contributed by atoms with van der Waals surface area (Å²) in [6.45, 7) is 0. The van der Waals surface area contributed by atoms with E-state index in [1.807, 2.05) is 0 Å². The van der Waals surface area contributed by atoms with Crippen molar-refractivity contribution in [3.63, 3.8) is 0 Å². The maximum atomic E-state index is 13.2. The molecule has 192 valence electrons. The molecule has 0 saturated carbocycles. The summed E-state index contributed by atoms with van der Waals surface area (Å²) in [7, 11) is 0. The Hall–Kier alpha value is -4.11. The fourth-order valence-corrected chi connectivity index (χ4v) is 2.76. The normalized spacial score (nSPS) is 10.8. The molecule has 4 rings (SSSR count). The number of aliphatic imine (C=N–C) groups is 2. The number of benzene rings is 4. The van der Waals surface area contributed by atoms with Gasteiger partial charge in [0.25, 0.3) is 0 Å². The zero-order valence-corrected chi connectivity index (χ0v) is 19.4. The molecule has 0 saturated heterocycles. The van der Waals surface area contributed by atoms with Gasteiger partial charge in [0.05, 0.1) is 0 Å². The molecule has 0 aromatic heterocycles. The summed E-state index contributed by atoms with van der Waals surface area (Å²) in [5, 5.41) is 22.7. The number of hydrogen-bond acceptors (Lipinski definition) is 4. The van der Waals surface area contributed by atoms with Crippen molar-refractivity contribution in [1.82, 2.24) is 0 Å². The van der Waals surface area contributed by atoms with Gasteiger partial charge in [-0.1, -0.05) is 48.5 Å². The predicted octanol–water partition coefficient (Wildman–Crippen LogP) is 5.85. The fraction of sp³-hybridized carbons (Fsp3) is 0. The Bertz CT molecular complexity index is 1290. The summed E-state index contributed by atoms with van der Waals surface area (Å²) in [6.07, 6.45) is 2.09. The van der Waals surface area contributed by atoms with Gasteiger partial charge >= 0.3 is 16.5 Å². The molecule has 0 aliphatic carbocycles. The molecule has 0 unspecified atom stereocenters. The molecule has 0 amide bonds. The average molecular weight is 559 g/mol. The standard InChI is InChI=1S/2C13H8F3NO.Ni/c2*14-9-5-10(15)13(11(16)6-9)17-7-8-3-1-2-4-12(8)18;/h2*1-7,18H;/q;;+2/p-2. The maximum absolute atomic E-state index is 13.2. The van der Waals surface area contributed by atoms with Gasteiger partial charge in [0.2, 0.25) is 0 Å². The van der Waals surface area contributed by atoms with Crippen LogP contribution in [0.5, 0.6) is 11.5 Å². The number of hydrogen-bond donors (Lipinski definition) is 0. The van der Waals surface area contributed by atoms with E-state index in [0.29, 0.717) is 24.3 Å². The monoisotopic (exact) mass is 558 g/mol. The number of para-hydroxylation sites is 2. The van der Waals surface area contributed by atoms with Crippen LogP contribution in [0.25, 0.3) is 0 Å². The number of halogens is 6. The third-order valence-corrected chi connectivity index (χ3v) is 4.47. The van der Waals surface area contributed by atoms with Crippen molar-refractivity contribution in [2.24, 2.45) is 9.98 Å². The number of nitrogens with zero attached hydrogens (tertiary/aromatic N) is 2. The van der Waals surface area contributed by atoms with E-state index in [9.17, 15) is 36.6 Å². The van der Waals surface area contributed by atoms with Crippen LogP contribution in [0, 0.1) is 34.9 Å². The van der Waals surface area contributed by atoms with Crippen LogP contribution < -0.4 is 10.2 Å². The van der Waals surface area contributed by atoms with Gasteiger partial charge < -0.3 is 10.2 Å². The van der Waals surface area contributed by atoms with Crippen LogP contribution in [-0.4, -0.2) is 12.4 Å². The zero-order chi connectivity index (χ0) is 26.2. The minimum absolute atomic E-state index is 0. The van der Waals surface area contributed by atoms with E-state index < -0.39 is 46.3 Å². The summed E-state index contributed by atoms with van der Waals surface area (Å²) < 4.78 is 78.3. The van der Waals surface area contributed by atoms with E-state index in [4.69, 9.17) is 0 Å². The maximum Gasteiger partial charge on any atom is 2.00 e. The molecule has 11 heteroatoms. The van der Waals surface area contributed by atoms with Gasteiger partial charge in [-0.3, -0.25) is 9.98 Å². The van der Waals surface area contributed by atoms with Crippen molar-refractivity contribution < 1.29 is 53.0 Å². The largest absolute Gasteiger partial charge is 2.00 e. The summed E-state index contributed by atoms with van der Waals surface area (Å²) in [6, 6.07) is 13.9. The molecular weight excluding hydrogens is 545 g/mol. The molecule has 0 N–H and O–H groups in total. The molecule has 0 radical (unpaired) electrons. The second-order valence-corrected chi connectivity index (χ2v) is 7.03. The first-order chi connectivity index (χ1) is 17.2. The third kappa shape index (κ3) is 7.95. The SMILES string of the molecule is [Ni+2].[O-]c1ccccc1C=Nc1c(F)cc(F)cc1F.[O-]c1ccccc1C=Nc1c(F)cc(F)cc1F. The van der Waals surface area contributed by atoms with Crippen molar-refractivity contribution in [3.05, 3.63) is 119 Å². The van der Waals surface area contributed by atoms with Gasteiger partial charge in [0.15, 0.2) is 23.3 Å². The molecule has 4 aromatic carbocycles. The summed E-state index contributed by atoms with van der Waals surface area (Å²) >= 11 is 0. The van der Waals surface area contributed by atoms with E-state index in [0.717, 1.165) is 12.4 Å². The van der Waals surface area contributed by atoms with Crippen LogP contribution in [0.3, 0.4) is 0 Å². The van der Waals surface area contributed by atoms with Gasteiger partial charge in [-0.15, -0.1) is 11.5 Å². The first-order valence-electron chi connectivity index (χ1n) is 10.0. The van der Waals surface area contributed by atoms with Crippen LogP contribution in [0.15, 0.2) is 82.8 Å². The molecule has 0 fully saturated rings. The number of rotatable bonds is 4. The summed E-state index contributed by atoms with van der Waals surface area (Å²) in [5.41, 5.74) is -0.861. The van der Waals surface area contributed by atoms with Crippen molar-refractivity contribution in [1.29, 1.82) is 0 Å². The van der Waals surface area contributed by atoms with Gasteiger partial charge in [-0.25, -0.2) is 26.3 Å². The van der Waals surface area contributed by atoms with Gasteiger partial charge in [-0.05, 0) is 11.1 Å². The van der Waals surface area contributed by atoms with Crippen LogP contribution in [0.2, 0.25) is 0 Å². The fourth-order valence-electron chi connectivity index (χ4n) is 2.76. The Morgan fingerprint density at radius 3 is 1.11 bits per heavy atom. The van der Waals surface area contributed by atoms with Gasteiger partial charge in [0, 0.05) is 36.7 Å². The van der Waals surface area contributed by atoms with Crippen molar-refractivity contribution in [3.8, 4) is 11.5 Å². The van der Waals surface area contributed by atoms with E-state index in [1.165, 1.54) is 24.3 Å². The van der Waals surface area contributed by atoms with Crippen molar-refractivity contribution >= 4 is 23.8 Å². The van der Waals surface area contributed by atoms with Crippen LogP contribution in [0.1, 0.15) is 11.1 Å². The molecule has 37 heavy (non-hydrogen) atoms. The zero-order valence-electron chi connectivity index (χ0n) is 18.4. The molecule has 4 aromatic rings. The predicted molar refractivity (Wildman–Crippen MR) is 119 cm³/mol. The topological polar surface area (TPSA) is 70.8 Å². The first kappa shape index (κ1) is 29.1. The Balaban J connectivity index is 0.000000253. The van der Waals surface area contributed by atoms with E-state index in [2.05, 4.69) is 9.98 Å². The molecule has 0 aliphatic heterocycles. The molecule has 0 atom stereocenters. The Kier molecular flexibility index (Phi) is 10.4. The second-order valence-electron chi connectivity index (χ2n) is 7.03. The summed E-state index contributed by atoms with van der Waals surface area (Å²) in [5.74, 6) is -7.15. The molecule has 0 aliphatic rings. The van der Waals surface area contributed by atoms with Crippen molar-refractivity contribution in [2.45, 2.75) is 0 Å². The Morgan fingerprint density at radius 2 is 0.811 bits per heavy atom. The van der Waals surface area contributed by atoms with Crippen LogP contribution in [0.4, 0.5) is 37.7 Å². The summed E-state index contributed by atoms with van der Waals surface area (Å²) in [4.78, 5) is 7.07. The third-order valence-electron chi connectivity index (χ3n) is 4.47. The van der Waals surface area contributed by atoms with Gasteiger partial charge in [-0.2, -0.15) is 0 Å². The molecular formula is C26H14F6N2NiO2. The van der Waals surface area contributed by atoms with Crippen LogP contribution in [-0.2, 0) is 16.5 Å². The van der Waals surface area contributed by atoms with E-state index in [-0.39, 0.29) is 39.1 Å². The van der Waals surface area contributed by atoms with Gasteiger partial charge in [0.1, 0.15) is 23.0 Å². The minimum atomic E-state index is -1.12. The Morgan fingerprint density at radius 1 is 0.514 bits per heavy atom. The smallest absolute Gasteiger partial charge is 0.872 e. The van der Waals surface area contributed by atoms with E-state index >= 15 is 0 Å². The molecule has 0 heterocycles.